The summed E-state index contributed by atoms with van der Waals surface area (Å²) >= 11 is 0. The van der Waals surface area contributed by atoms with Crippen LogP contribution in [-0.2, 0) is 23.9 Å². The number of carbonyl (C=O) groups is 3. The first-order valence-corrected chi connectivity index (χ1v) is 9.99. The van der Waals surface area contributed by atoms with Gasteiger partial charge in [0.05, 0.1) is 19.8 Å². The number of ketones is 1. The second kappa shape index (κ2) is 12.1. The summed E-state index contributed by atoms with van der Waals surface area (Å²) in [7, 11) is 0. The largest absolute Gasteiger partial charge is 0.377 e. The molecule has 1 N–H and O–H groups in total. The molecule has 0 saturated carbocycles. The Kier molecular flexibility index (Phi) is 10.5. The fourth-order valence-corrected chi connectivity index (χ4v) is 3.05. The highest BCUT2D eigenvalue weighted by atomic mass is 16.5. The smallest absolute Gasteiger partial charge is 0.226 e. The van der Waals surface area contributed by atoms with E-state index in [1.54, 1.807) is 0 Å². The molecule has 1 saturated heterocycles. The van der Waals surface area contributed by atoms with Gasteiger partial charge in [0.15, 0.2) is 5.78 Å². The number of Topliss-reactive ketones (excluding diaryl/α,β-unsaturated/α-hetero) is 1. The number of hydrogen-bond donors (Lipinski definition) is 1. The van der Waals surface area contributed by atoms with E-state index < -0.39 is 0 Å². The van der Waals surface area contributed by atoms with Crippen molar-refractivity contribution >= 4 is 17.6 Å². The lowest BCUT2D eigenvalue weighted by molar-refractivity contribution is -0.133. The summed E-state index contributed by atoms with van der Waals surface area (Å²) in [6.45, 7) is 12.0. The fourth-order valence-electron chi connectivity index (χ4n) is 3.05. The number of likely N-dealkylation sites (tertiary alicyclic amines) is 1. The average Bonchev–Trinajstić information content (AvgIpc) is 2.89. The standard InChI is InChI=1S/C20H36N2O5/c1-14(2)17-12-16(5)22(20(17)25)8-6-19(24)21-7-9-26-10-11-27-13-18(23)15(3)4/h14-17H,6-13H2,1-5H3,(H,21,24). The van der Waals surface area contributed by atoms with Crippen molar-refractivity contribution in [3.05, 3.63) is 0 Å². The second-order valence-electron chi connectivity index (χ2n) is 7.85. The molecule has 7 heteroatoms. The number of rotatable bonds is 13. The van der Waals surface area contributed by atoms with Gasteiger partial charge in [0, 0.05) is 37.4 Å². The van der Waals surface area contributed by atoms with Crippen molar-refractivity contribution < 1.29 is 23.9 Å². The molecular formula is C20H36N2O5. The first-order chi connectivity index (χ1) is 12.7. The maximum atomic E-state index is 12.4. The minimum absolute atomic E-state index is 0.0174. The predicted molar refractivity (Wildman–Crippen MR) is 103 cm³/mol. The summed E-state index contributed by atoms with van der Waals surface area (Å²) in [6.07, 6.45) is 1.18. The minimum atomic E-state index is -0.0784. The Morgan fingerprint density at radius 1 is 1.15 bits per heavy atom. The molecule has 156 valence electrons. The third-order valence-electron chi connectivity index (χ3n) is 4.94. The molecular weight excluding hydrogens is 348 g/mol. The van der Waals surface area contributed by atoms with Crippen molar-refractivity contribution in [2.45, 2.75) is 53.5 Å². The second-order valence-corrected chi connectivity index (χ2v) is 7.85. The molecule has 1 heterocycles. The molecule has 2 unspecified atom stereocenters. The van der Waals surface area contributed by atoms with Gasteiger partial charge in [0.25, 0.3) is 0 Å². The Morgan fingerprint density at radius 3 is 2.41 bits per heavy atom. The molecule has 1 fully saturated rings. The van der Waals surface area contributed by atoms with E-state index in [1.807, 2.05) is 25.7 Å². The zero-order chi connectivity index (χ0) is 20.4. The van der Waals surface area contributed by atoms with E-state index in [-0.39, 0.29) is 42.1 Å². The number of hydrogen-bond acceptors (Lipinski definition) is 5. The van der Waals surface area contributed by atoms with E-state index in [9.17, 15) is 14.4 Å². The summed E-state index contributed by atoms with van der Waals surface area (Å²) in [5, 5.41) is 2.80. The summed E-state index contributed by atoms with van der Waals surface area (Å²) < 4.78 is 10.6. The van der Waals surface area contributed by atoms with Crippen LogP contribution in [0.5, 0.6) is 0 Å². The Hall–Kier alpha value is -1.47. The Morgan fingerprint density at radius 2 is 1.81 bits per heavy atom. The molecule has 2 atom stereocenters. The maximum absolute atomic E-state index is 12.4. The number of amides is 2. The quantitative estimate of drug-likeness (QED) is 0.488. The lowest BCUT2D eigenvalue weighted by atomic mass is 9.93. The van der Waals surface area contributed by atoms with Crippen LogP contribution in [0.3, 0.4) is 0 Å². The molecule has 1 aliphatic heterocycles. The van der Waals surface area contributed by atoms with Gasteiger partial charge in [-0.15, -0.1) is 0 Å². The van der Waals surface area contributed by atoms with E-state index in [0.29, 0.717) is 45.2 Å². The molecule has 0 bridgehead atoms. The molecule has 0 aromatic rings. The van der Waals surface area contributed by atoms with Gasteiger partial charge < -0.3 is 19.7 Å². The summed E-state index contributed by atoms with van der Waals surface area (Å²) in [6, 6.07) is 0.198. The van der Waals surface area contributed by atoms with Crippen LogP contribution >= 0.6 is 0 Å². The highest BCUT2D eigenvalue weighted by Gasteiger charge is 2.38. The number of nitrogens with zero attached hydrogens (tertiary/aromatic N) is 1. The highest BCUT2D eigenvalue weighted by molar-refractivity contribution is 5.83. The van der Waals surface area contributed by atoms with Crippen LogP contribution in [0.2, 0.25) is 0 Å². The van der Waals surface area contributed by atoms with Crippen molar-refractivity contribution in [1.29, 1.82) is 0 Å². The molecule has 27 heavy (non-hydrogen) atoms. The van der Waals surface area contributed by atoms with E-state index in [2.05, 4.69) is 19.2 Å². The van der Waals surface area contributed by atoms with Crippen molar-refractivity contribution in [2.75, 3.05) is 39.5 Å². The summed E-state index contributed by atoms with van der Waals surface area (Å²) in [5.41, 5.74) is 0. The summed E-state index contributed by atoms with van der Waals surface area (Å²) in [4.78, 5) is 37.5. The van der Waals surface area contributed by atoms with Crippen LogP contribution in [0.4, 0.5) is 0 Å². The van der Waals surface area contributed by atoms with Crippen LogP contribution in [0.1, 0.15) is 47.5 Å². The SMILES string of the molecule is CC(C)C(=O)COCCOCCNC(=O)CCN1C(=O)C(C(C)C)CC1C. The van der Waals surface area contributed by atoms with Crippen LogP contribution in [-0.4, -0.2) is 68.1 Å². The van der Waals surface area contributed by atoms with Gasteiger partial charge in [-0.05, 0) is 19.3 Å². The van der Waals surface area contributed by atoms with E-state index >= 15 is 0 Å². The van der Waals surface area contributed by atoms with E-state index in [0.717, 1.165) is 6.42 Å². The lowest BCUT2D eigenvalue weighted by Gasteiger charge is -2.21. The van der Waals surface area contributed by atoms with Gasteiger partial charge in [-0.25, -0.2) is 0 Å². The molecule has 0 spiro atoms. The normalized spacial score (nSPS) is 20.0. The molecule has 7 nitrogen and oxygen atoms in total. The minimum Gasteiger partial charge on any atom is -0.377 e. The van der Waals surface area contributed by atoms with E-state index in [1.165, 1.54) is 0 Å². The molecule has 2 amide bonds. The predicted octanol–water partition coefficient (Wildman–Crippen LogP) is 1.64. The van der Waals surface area contributed by atoms with Gasteiger partial charge >= 0.3 is 0 Å². The van der Waals surface area contributed by atoms with Crippen LogP contribution in [0.25, 0.3) is 0 Å². The van der Waals surface area contributed by atoms with Gasteiger partial charge in [-0.2, -0.15) is 0 Å². The topological polar surface area (TPSA) is 84.9 Å². The maximum Gasteiger partial charge on any atom is 0.226 e. The third kappa shape index (κ3) is 8.39. The van der Waals surface area contributed by atoms with Crippen molar-refractivity contribution in [3.63, 3.8) is 0 Å². The van der Waals surface area contributed by atoms with Gasteiger partial charge in [-0.3, -0.25) is 14.4 Å². The van der Waals surface area contributed by atoms with E-state index in [4.69, 9.17) is 9.47 Å². The first kappa shape index (κ1) is 23.6. The van der Waals surface area contributed by atoms with Crippen LogP contribution in [0, 0.1) is 17.8 Å². The highest BCUT2D eigenvalue weighted by Crippen LogP contribution is 2.29. The molecule has 1 aliphatic rings. The fraction of sp³-hybridized carbons (Fsp3) is 0.850. The Balaban J connectivity index is 2.06. The lowest BCUT2D eigenvalue weighted by Crippen LogP contribution is -2.37. The van der Waals surface area contributed by atoms with Gasteiger partial charge in [0.2, 0.25) is 11.8 Å². The zero-order valence-electron chi connectivity index (χ0n) is 17.5. The Labute approximate surface area is 163 Å². The first-order valence-electron chi connectivity index (χ1n) is 9.99. The van der Waals surface area contributed by atoms with Crippen molar-refractivity contribution in [1.82, 2.24) is 10.2 Å². The van der Waals surface area contributed by atoms with Crippen molar-refractivity contribution in [3.8, 4) is 0 Å². The van der Waals surface area contributed by atoms with Gasteiger partial charge in [-0.1, -0.05) is 27.7 Å². The number of ether oxygens (including phenoxy) is 2. The average molecular weight is 385 g/mol. The number of carbonyl (C=O) groups excluding carboxylic acids is 3. The van der Waals surface area contributed by atoms with Crippen LogP contribution in [0.15, 0.2) is 0 Å². The molecule has 0 aromatic heterocycles. The third-order valence-corrected chi connectivity index (χ3v) is 4.94. The molecule has 1 rings (SSSR count). The van der Waals surface area contributed by atoms with Crippen LogP contribution < -0.4 is 5.32 Å². The Bertz CT molecular complexity index is 493. The van der Waals surface area contributed by atoms with Crippen molar-refractivity contribution in [2.24, 2.45) is 17.8 Å². The zero-order valence-corrected chi connectivity index (χ0v) is 17.5. The molecule has 0 radical (unpaired) electrons. The number of nitrogens with one attached hydrogen (secondary N) is 1. The summed E-state index contributed by atoms with van der Waals surface area (Å²) in [5.74, 6) is 0.567. The van der Waals surface area contributed by atoms with Gasteiger partial charge in [0.1, 0.15) is 6.61 Å². The monoisotopic (exact) mass is 384 g/mol. The molecule has 0 aliphatic carbocycles. The molecule has 0 aromatic carbocycles.